The van der Waals surface area contributed by atoms with E-state index in [9.17, 15) is 5.11 Å². The summed E-state index contributed by atoms with van der Waals surface area (Å²) >= 11 is 0. The molecular formula is C26H27F2N5O3. The highest BCUT2D eigenvalue weighted by molar-refractivity contribution is 5.97. The number of aliphatic imine (C=N–C) groups is 1. The van der Waals surface area contributed by atoms with E-state index in [0.29, 0.717) is 35.6 Å². The Bertz CT molecular complexity index is 1420. The van der Waals surface area contributed by atoms with Crippen molar-refractivity contribution in [3.05, 3.63) is 60.1 Å². The Labute approximate surface area is 206 Å². The zero-order valence-corrected chi connectivity index (χ0v) is 20.3. The van der Waals surface area contributed by atoms with E-state index in [1.165, 1.54) is 18.3 Å². The topological polar surface area (TPSA) is 97.6 Å². The first-order chi connectivity index (χ1) is 17.3. The van der Waals surface area contributed by atoms with E-state index >= 15 is 8.78 Å². The van der Waals surface area contributed by atoms with E-state index in [-0.39, 0.29) is 24.8 Å². The van der Waals surface area contributed by atoms with Crippen LogP contribution in [0.25, 0.3) is 22.3 Å². The molecule has 1 unspecified atom stereocenters. The number of nitrogens with one attached hydrogen (secondary N) is 1. The Morgan fingerprint density at radius 1 is 1.22 bits per heavy atom. The van der Waals surface area contributed by atoms with E-state index in [0.717, 1.165) is 11.3 Å². The maximum absolute atomic E-state index is 15.1. The van der Waals surface area contributed by atoms with E-state index in [1.807, 2.05) is 31.5 Å². The second-order valence-electron chi connectivity index (χ2n) is 9.62. The lowest BCUT2D eigenvalue weighted by molar-refractivity contribution is 0.0691. The van der Waals surface area contributed by atoms with Crippen LogP contribution in [0.5, 0.6) is 11.5 Å². The van der Waals surface area contributed by atoms with Gasteiger partial charge in [0.15, 0.2) is 23.3 Å². The number of nitrogens with zero attached hydrogens (tertiary/aromatic N) is 4. The van der Waals surface area contributed by atoms with Crippen molar-refractivity contribution in [3.8, 4) is 22.8 Å². The summed E-state index contributed by atoms with van der Waals surface area (Å²) in [7, 11) is 0. The van der Waals surface area contributed by atoms with Crippen molar-refractivity contribution in [1.82, 2.24) is 19.7 Å². The maximum atomic E-state index is 15.1. The molecule has 36 heavy (non-hydrogen) atoms. The molecule has 0 bridgehead atoms. The number of halogens is 2. The lowest BCUT2D eigenvalue weighted by atomic mass is 9.92. The largest absolute Gasteiger partial charge is 0.480 e. The van der Waals surface area contributed by atoms with E-state index in [2.05, 4.69) is 20.1 Å². The standard InChI is InChI=1S/C26H27F2N5O3/c1-15(2)33-20(4-7-32-33)17-11-30-25-23(17)21(5-6-29-25)36-24-18(27)8-16(9-19(24)28)10-22-31-12-26(3,13-34)14-35-22/h4-9,11,15,34H,10,12-14H2,1-3H3,(H,29,30). The number of benzene rings is 1. The van der Waals surface area contributed by atoms with Crippen LogP contribution >= 0.6 is 0 Å². The number of H-pyrrole nitrogens is 1. The normalized spacial score (nSPS) is 17.9. The van der Waals surface area contributed by atoms with Crippen molar-refractivity contribution in [3.63, 3.8) is 0 Å². The van der Waals surface area contributed by atoms with Crippen LogP contribution in [0.2, 0.25) is 0 Å². The van der Waals surface area contributed by atoms with Crippen LogP contribution in [0.1, 0.15) is 32.4 Å². The van der Waals surface area contributed by atoms with Gasteiger partial charge in [0, 0.05) is 42.0 Å². The number of hydrogen-bond donors (Lipinski definition) is 2. The lowest BCUT2D eigenvalue weighted by Crippen LogP contribution is -2.36. The molecule has 0 saturated carbocycles. The predicted octanol–water partition coefficient (Wildman–Crippen LogP) is 5.05. The Balaban J connectivity index is 1.45. The van der Waals surface area contributed by atoms with Crippen molar-refractivity contribution < 1.29 is 23.4 Å². The summed E-state index contributed by atoms with van der Waals surface area (Å²) in [6, 6.07) is 5.99. The number of aromatic amines is 1. The first-order valence-electron chi connectivity index (χ1n) is 11.7. The van der Waals surface area contributed by atoms with Gasteiger partial charge in [-0.25, -0.2) is 13.8 Å². The summed E-state index contributed by atoms with van der Waals surface area (Å²) in [5.41, 5.74) is 2.04. The third-order valence-electron chi connectivity index (χ3n) is 6.20. The summed E-state index contributed by atoms with van der Waals surface area (Å²) in [5.74, 6) is -1.54. The zero-order chi connectivity index (χ0) is 25.4. The molecule has 0 amide bonds. The van der Waals surface area contributed by atoms with Crippen molar-refractivity contribution in [2.24, 2.45) is 10.4 Å². The van der Waals surface area contributed by atoms with Gasteiger partial charge in [-0.3, -0.25) is 9.67 Å². The number of fused-ring (bicyclic) bond motifs is 1. The minimum absolute atomic E-state index is 0.0516. The molecule has 4 aromatic rings. The number of aliphatic hydroxyl groups excluding tert-OH is 1. The molecule has 2 N–H and O–H groups in total. The molecule has 0 aliphatic carbocycles. The summed E-state index contributed by atoms with van der Waals surface area (Å²) in [4.78, 5) is 11.8. The highest BCUT2D eigenvalue weighted by atomic mass is 19.1. The van der Waals surface area contributed by atoms with Gasteiger partial charge in [-0.15, -0.1) is 0 Å². The third-order valence-corrected chi connectivity index (χ3v) is 6.20. The van der Waals surface area contributed by atoms with Gasteiger partial charge in [-0.05, 0) is 43.7 Å². The predicted molar refractivity (Wildman–Crippen MR) is 131 cm³/mol. The number of hydrogen-bond acceptors (Lipinski definition) is 6. The summed E-state index contributed by atoms with van der Waals surface area (Å²) < 4.78 is 43.4. The van der Waals surface area contributed by atoms with Gasteiger partial charge < -0.3 is 19.6 Å². The van der Waals surface area contributed by atoms with Crippen molar-refractivity contribution >= 4 is 16.9 Å². The van der Waals surface area contributed by atoms with Crippen LogP contribution < -0.4 is 4.74 Å². The van der Waals surface area contributed by atoms with Gasteiger partial charge in [0.25, 0.3) is 0 Å². The second kappa shape index (κ2) is 9.34. The van der Waals surface area contributed by atoms with Crippen LogP contribution in [0.3, 0.4) is 0 Å². The van der Waals surface area contributed by atoms with Crippen molar-refractivity contribution in [2.45, 2.75) is 33.2 Å². The molecular weight excluding hydrogens is 468 g/mol. The molecule has 1 atom stereocenters. The number of ether oxygens (including phenoxy) is 2. The molecule has 188 valence electrons. The van der Waals surface area contributed by atoms with Gasteiger partial charge in [0.05, 0.1) is 30.8 Å². The highest BCUT2D eigenvalue weighted by Gasteiger charge is 2.29. The average Bonchev–Trinajstić information content (AvgIpc) is 3.50. The molecule has 4 heterocycles. The minimum atomic E-state index is -0.837. The number of rotatable bonds is 7. The molecule has 0 saturated heterocycles. The molecule has 3 aromatic heterocycles. The lowest BCUT2D eigenvalue weighted by Gasteiger charge is -2.30. The molecule has 10 heteroatoms. The van der Waals surface area contributed by atoms with Crippen LogP contribution in [0, 0.1) is 17.0 Å². The van der Waals surface area contributed by atoms with Gasteiger partial charge in [-0.2, -0.15) is 5.10 Å². The minimum Gasteiger partial charge on any atom is -0.480 e. The summed E-state index contributed by atoms with van der Waals surface area (Å²) in [6.45, 7) is 6.52. The monoisotopic (exact) mass is 495 g/mol. The summed E-state index contributed by atoms with van der Waals surface area (Å²) in [6.07, 6.45) is 5.13. The first-order valence-corrected chi connectivity index (χ1v) is 11.7. The fourth-order valence-corrected chi connectivity index (χ4v) is 4.18. The molecule has 5 rings (SSSR count). The Morgan fingerprint density at radius 3 is 2.67 bits per heavy atom. The molecule has 1 aliphatic heterocycles. The third kappa shape index (κ3) is 4.44. The van der Waals surface area contributed by atoms with E-state index in [4.69, 9.17) is 9.47 Å². The van der Waals surface area contributed by atoms with Gasteiger partial charge >= 0.3 is 0 Å². The second-order valence-corrected chi connectivity index (χ2v) is 9.62. The smallest absolute Gasteiger partial charge is 0.198 e. The fourth-order valence-electron chi connectivity index (χ4n) is 4.18. The van der Waals surface area contributed by atoms with Gasteiger partial charge in [0.2, 0.25) is 0 Å². The molecule has 1 aliphatic rings. The SMILES string of the molecule is CC(C)n1nccc1-c1c[nH]c2nccc(Oc3c(F)cc(CC4=NCC(C)(CO)CO4)cc3F)c12. The first kappa shape index (κ1) is 23.9. The summed E-state index contributed by atoms with van der Waals surface area (Å²) in [5, 5.41) is 14.4. The zero-order valence-electron chi connectivity index (χ0n) is 20.3. The van der Waals surface area contributed by atoms with Gasteiger partial charge in [0.1, 0.15) is 11.4 Å². The van der Waals surface area contributed by atoms with Crippen LogP contribution in [-0.2, 0) is 11.2 Å². The molecule has 0 spiro atoms. The Hall–Kier alpha value is -3.79. The average molecular weight is 496 g/mol. The Kier molecular flexibility index (Phi) is 6.21. The quantitative estimate of drug-likeness (QED) is 0.374. The molecule has 0 fully saturated rings. The maximum Gasteiger partial charge on any atom is 0.198 e. The highest BCUT2D eigenvalue weighted by Crippen LogP contribution is 2.38. The van der Waals surface area contributed by atoms with Crippen LogP contribution in [0.15, 0.2) is 47.8 Å². The van der Waals surface area contributed by atoms with Crippen LogP contribution in [-0.4, -0.2) is 50.5 Å². The number of pyridine rings is 1. The van der Waals surface area contributed by atoms with Crippen molar-refractivity contribution in [1.29, 1.82) is 0 Å². The van der Waals surface area contributed by atoms with E-state index < -0.39 is 22.8 Å². The van der Waals surface area contributed by atoms with Crippen LogP contribution in [0.4, 0.5) is 8.78 Å². The fraction of sp³-hybridized carbons (Fsp3) is 0.346. The Morgan fingerprint density at radius 2 is 2.00 bits per heavy atom. The molecule has 1 aromatic carbocycles. The number of aromatic nitrogens is 4. The van der Waals surface area contributed by atoms with Gasteiger partial charge in [-0.1, -0.05) is 6.92 Å². The molecule has 8 nitrogen and oxygen atoms in total. The van der Waals surface area contributed by atoms with Crippen molar-refractivity contribution in [2.75, 3.05) is 19.8 Å². The van der Waals surface area contributed by atoms with E-state index in [1.54, 1.807) is 18.5 Å². The molecule has 0 radical (unpaired) electrons. The number of aliphatic hydroxyl groups is 1.